The molecule has 0 aliphatic heterocycles. The lowest BCUT2D eigenvalue weighted by atomic mass is 10.0. The van der Waals surface area contributed by atoms with E-state index in [-0.39, 0.29) is 0 Å². The summed E-state index contributed by atoms with van der Waals surface area (Å²) in [6.07, 6.45) is 2.27. The Balaban J connectivity index is 2.45. The van der Waals surface area contributed by atoms with Gasteiger partial charge in [-0.1, -0.05) is 17.7 Å². The van der Waals surface area contributed by atoms with E-state index in [2.05, 4.69) is 19.1 Å². The van der Waals surface area contributed by atoms with Crippen molar-refractivity contribution in [3.05, 3.63) is 34.3 Å². The molecule has 0 bridgehead atoms. The molecule has 0 N–H and O–H groups in total. The number of rotatable bonds is 5. The van der Waals surface area contributed by atoms with Crippen LogP contribution in [0.5, 0.6) is 0 Å². The minimum atomic E-state index is 0.628. The van der Waals surface area contributed by atoms with E-state index < -0.39 is 0 Å². The molecule has 3 heteroatoms. The van der Waals surface area contributed by atoms with Gasteiger partial charge in [-0.15, -0.1) is 0 Å². The van der Waals surface area contributed by atoms with E-state index in [0.717, 1.165) is 17.5 Å². The summed E-state index contributed by atoms with van der Waals surface area (Å²) in [5.41, 5.74) is 2.69. The molecule has 0 aliphatic rings. The third-order valence-electron chi connectivity index (χ3n) is 2.18. The highest BCUT2D eigenvalue weighted by Gasteiger charge is 1.99. The summed E-state index contributed by atoms with van der Waals surface area (Å²) in [5, 5.41) is 0.833. The summed E-state index contributed by atoms with van der Waals surface area (Å²) < 4.78 is 5.04. The van der Waals surface area contributed by atoms with Crippen LogP contribution in [0.25, 0.3) is 0 Å². The van der Waals surface area contributed by atoms with Crippen molar-refractivity contribution in [2.75, 3.05) is 7.11 Å². The molecule has 14 heavy (non-hydrogen) atoms. The van der Waals surface area contributed by atoms with Crippen molar-refractivity contribution >= 4 is 21.4 Å². The maximum atomic E-state index is 5.93. The Bertz CT molecular complexity index is 289. The van der Waals surface area contributed by atoms with Crippen molar-refractivity contribution < 1.29 is 4.43 Å². The van der Waals surface area contributed by atoms with Gasteiger partial charge in [0.15, 0.2) is 0 Å². The Labute approximate surface area is 93.4 Å². The van der Waals surface area contributed by atoms with E-state index in [0.29, 0.717) is 9.76 Å². The van der Waals surface area contributed by atoms with Gasteiger partial charge >= 0.3 is 0 Å². The zero-order chi connectivity index (χ0) is 10.4. The third kappa shape index (κ3) is 3.82. The van der Waals surface area contributed by atoms with E-state index in [9.17, 15) is 0 Å². The van der Waals surface area contributed by atoms with Crippen molar-refractivity contribution in [3.63, 3.8) is 0 Å². The van der Waals surface area contributed by atoms with Crippen LogP contribution in [0.4, 0.5) is 0 Å². The predicted molar refractivity (Wildman–Crippen MR) is 62.1 cm³/mol. The standard InChI is InChI=1S/C11H15ClOSi/c1-9-5-6-11(12)8-10(9)4-3-7-14-13-2/h5-6,8H,3-4,7H2,1-2H3. The monoisotopic (exact) mass is 226 g/mol. The summed E-state index contributed by atoms with van der Waals surface area (Å²) in [5.74, 6) is 0. The van der Waals surface area contributed by atoms with Crippen molar-refractivity contribution in [1.29, 1.82) is 0 Å². The molecule has 0 atom stereocenters. The second-order valence-corrected chi connectivity index (χ2v) is 4.91. The fraction of sp³-hybridized carbons (Fsp3) is 0.455. The largest absolute Gasteiger partial charge is 0.421 e. The number of hydrogen-bond acceptors (Lipinski definition) is 1. The summed E-state index contributed by atoms with van der Waals surface area (Å²) in [4.78, 5) is 0. The van der Waals surface area contributed by atoms with E-state index in [1.165, 1.54) is 17.5 Å². The van der Waals surface area contributed by atoms with Crippen molar-refractivity contribution in [1.82, 2.24) is 0 Å². The van der Waals surface area contributed by atoms with Crippen LogP contribution in [0.1, 0.15) is 17.5 Å². The van der Waals surface area contributed by atoms with Gasteiger partial charge in [0.1, 0.15) is 0 Å². The van der Waals surface area contributed by atoms with Crippen LogP contribution in [0.3, 0.4) is 0 Å². The van der Waals surface area contributed by atoms with Crippen LogP contribution >= 0.6 is 11.6 Å². The molecule has 2 radical (unpaired) electrons. The number of aryl methyl sites for hydroxylation is 2. The topological polar surface area (TPSA) is 9.23 Å². The van der Waals surface area contributed by atoms with Crippen LogP contribution in [-0.4, -0.2) is 16.9 Å². The first-order valence-corrected chi connectivity index (χ1v) is 6.24. The molecule has 1 aromatic rings. The summed E-state index contributed by atoms with van der Waals surface area (Å²) in [6.45, 7) is 2.13. The average Bonchev–Trinajstić information content (AvgIpc) is 2.18. The van der Waals surface area contributed by atoms with Gasteiger partial charge < -0.3 is 4.43 Å². The van der Waals surface area contributed by atoms with E-state index in [1.54, 1.807) is 7.11 Å². The summed E-state index contributed by atoms with van der Waals surface area (Å²) in [7, 11) is 2.38. The lowest BCUT2D eigenvalue weighted by molar-refractivity contribution is 0.439. The van der Waals surface area contributed by atoms with Crippen LogP contribution in [-0.2, 0) is 10.8 Å². The molecule has 0 heterocycles. The van der Waals surface area contributed by atoms with Crippen molar-refractivity contribution in [3.8, 4) is 0 Å². The minimum absolute atomic E-state index is 0.628. The smallest absolute Gasteiger partial charge is 0.229 e. The fourth-order valence-electron chi connectivity index (χ4n) is 1.36. The predicted octanol–water partition coefficient (Wildman–Crippen LogP) is 3.26. The van der Waals surface area contributed by atoms with E-state index in [4.69, 9.17) is 16.0 Å². The lowest BCUT2D eigenvalue weighted by Gasteiger charge is -2.05. The van der Waals surface area contributed by atoms with E-state index in [1.807, 2.05) is 6.07 Å². The van der Waals surface area contributed by atoms with Crippen LogP contribution in [0, 0.1) is 6.92 Å². The van der Waals surface area contributed by atoms with Crippen LogP contribution < -0.4 is 0 Å². The van der Waals surface area contributed by atoms with Gasteiger partial charge in [0.25, 0.3) is 0 Å². The van der Waals surface area contributed by atoms with Crippen LogP contribution in [0.2, 0.25) is 11.1 Å². The average molecular weight is 227 g/mol. The molecule has 1 nitrogen and oxygen atoms in total. The Morgan fingerprint density at radius 2 is 2.21 bits per heavy atom. The molecule has 76 valence electrons. The Kier molecular flexibility index (Phi) is 5.23. The fourth-order valence-corrected chi connectivity index (χ4v) is 2.08. The molecule has 0 spiro atoms. The number of hydrogen-bond donors (Lipinski definition) is 0. The van der Waals surface area contributed by atoms with Gasteiger partial charge in [-0.25, -0.2) is 0 Å². The zero-order valence-electron chi connectivity index (χ0n) is 8.64. The maximum absolute atomic E-state index is 5.93. The normalized spacial score (nSPS) is 10.5. The van der Waals surface area contributed by atoms with Crippen molar-refractivity contribution in [2.24, 2.45) is 0 Å². The first-order valence-electron chi connectivity index (χ1n) is 4.75. The highest BCUT2D eigenvalue weighted by Crippen LogP contribution is 2.17. The van der Waals surface area contributed by atoms with Gasteiger partial charge in [0.05, 0.1) is 0 Å². The van der Waals surface area contributed by atoms with Crippen LogP contribution in [0.15, 0.2) is 18.2 Å². The Morgan fingerprint density at radius 3 is 2.93 bits per heavy atom. The summed E-state index contributed by atoms with van der Waals surface area (Å²) in [6, 6.07) is 7.23. The van der Waals surface area contributed by atoms with E-state index >= 15 is 0 Å². The molecule has 0 saturated heterocycles. The first kappa shape index (κ1) is 11.8. The van der Waals surface area contributed by atoms with Gasteiger partial charge in [-0.05, 0) is 49.1 Å². The lowest BCUT2D eigenvalue weighted by Crippen LogP contribution is -1.95. The SMILES string of the molecule is CO[Si]CCCc1cc(Cl)ccc1C. The maximum Gasteiger partial charge on any atom is 0.229 e. The highest BCUT2D eigenvalue weighted by atomic mass is 35.5. The molecule has 0 aromatic heterocycles. The highest BCUT2D eigenvalue weighted by molar-refractivity contribution is 6.30. The number of halogens is 1. The molecule has 0 unspecified atom stereocenters. The van der Waals surface area contributed by atoms with Gasteiger partial charge in [-0.2, -0.15) is 0 Å². The van der Waals surface area contributed by atoms with Gasteiger partial charge in [0, 0.05) is 12.1 Å². The molecule has 0 aliphatic carbocycles. The Hall–Kier alpha value is -0.313. The Morgan fingerprint density at radius 1 is 1.43 bits per heavy atom. The molecule has 1 aromatic carbocycles. The number of benzene rings is 1. The van der Waals surface area contributed by atoms with Gasteiger partial charge in [-0.3, -0.25) is 0 Å². The first-order chi connectivity index (χ1) is 6.74. The molecular weight excluding hydrogens is 212 g/mol. The third-order valence-corrected chi connectivity index (χ3v) is 3.26. The quantitative estimate of drug-likeness (QED) is 0.553. The molecular formula is C11H15ClOSi. The molecule has 0 fully saturated rings. The minimum Gasteiger partial charge on any atom is -0.421 e. The zero-order valence-corrected chi connectivity index (χ0v) is 10.4. The molecule has 0 amide bonds. The second-order valence-electron chi connectivity index (χ2n) is 3.27. The second kappa shape index (κ2) is 6.22. The molecule has 1 rings (SSSR count). The van der Waals surface area contributed by atoms with Crippen molar-refractivity contribution in [2.45, 2.75) is 25.8 Å². The summed E-state index contributed by atoms with van der Waals surface area (Å²) >= 11 is 5.93. The van der Waals surface area contributed by atoms with Gasteiger partial charge in [0.2, 0.25) is 9.76 Å². The molecule has 0 saturated carbocycles.